The van der Waals surface area contributed by atoms with Gasteiger partial charge in [-0.15, -0.1) is 0 Å². The molecule has 0 saturated carbocycles. The molecule has 2 aromatic carbocycles. The number of hydrogen-bond acceptors (Lipinski definition) is 4. The van der Waals surface area contributed by atoms with E-state index in [-0.39, 0.29) is 16.7 Å². The molecule has 27 heavy (non-hydrogen) atoms. The first-order valence-electron chi connectivity index (χ1n) is 8.81. The molecule has 0 aromatic heterocycles. The molecule has 1 aliphatic rings. The molecule has 7 heteroatoms. The zero-order valence-corrected chi connectivity index (χ0v) is 16.1. The highest BCUT2D eigenvalue weighted by molar-refractivity contribution is 7.92. The Labute approximate surface area is 159 Å². The van der Waals surface area contributed by atoms with E-state index in [0.717, 1.165) is 11.1 Å². The highest BCUT2D eigenvalue weighted by atomic mass is 32.2. The first kappa shape index (κ1) is 19.1. The molecule has 1 atom stereocenters. The van der Waals surface area contributed by atoms with Crippen LogP contribution in [0.3, 0.4) is 0 Å². The zero-order valence-electron chi connectivity index (χ0n) is 15.3. The first-order valence-corrected chi connectivity index (χ1v) is 10.3. The Morgan fingerprint density at radius 1 is 1.04 bits per heavy atom. The maximum atomic E-state index is 12.5. The number of anilines is 1. The van der Waals surface area contributed by atoms with Gasteiger partial charge in [-0.2, -0.15) is 0 Å². The van der Waals surface area contributed by atoms with Crippen LogP contribution in [0.5, 0.6) is 0 Å². The Morgan fingerprint density at radius 3 is 2.22 bits per heavy atom. The highest BCUT2D eigenvalue weighted by Gasteiger charge is 2.42. The van der Waals surface area contributed by atoms with Crippen molar-refractivity contribution < 1.29 is 18.0 Å². The number of benzene rings is 2. The highest BCUT2D eigenvalue weighted by Crippen LogP contribution is 2.36. The SMILES string of the molecule is CCC1(c2ccc(NS(=O)(=O)c3ccc(C)cc3)cc2)CCC(=O)NC1=O. The van der Waals surface area contributed by atoms with Crippen molar-refractivity contribution in [3.8, 4) is 0 Å². The van der Waals surface area contributed by atoms with Crippen LogP contribution in [0.2, 0.25) is 0 Å². The van der Waals surface area contributed by atoms with E-state index in [1.54, 1.807) is 48.5 Å². The molecule has 1 saturated heterocycles. The van der Waals surface area contributed by atoms with Gasteiger partial charge >= 0.3 is 0 Å². The number of hydrogen-bond donors (Lipinski definition) is 2. The average Bonchev–Trinajstić information content (AvgIpc) is 2.63. The Bertz CT molecular complexity index is 966. The standard InChI is InChI=1S/C20H22N2O4S/c1-3-20(13-12-18(23)21-19(20)24)15-6-8-16(9-7-15)22-27(25,26)17-10-4-14(2)5-11-17/h4-11,22H,3,12-13H2,1-2H3,(H,21,23,24). The molecule has 0 bridgehead atoms. The molecule has 0 spiro atoms. The number of carbonyl (C=O) groups is 2. The molecular formula is C20H22N2O4S. The lowest BCUT2D eigenvalue weighted by molar-refractivity contribution is -0.138. The number of amides is 2. The fraction of sp³-hybridized carbons (Fsp3) is 0.300. The first-order chi connectivity index (χ1) is 12.8. The van der Waals surface area contributed by atoms with E-state index in [0.29, 0.717) is 24.9 Å². The number of piperidine rings is 1. The Balaban J connectivity index is 1.84. The van der Waals surface area contributed by atoms with E-state index in [9.17, 15) is 18.0 Å². The summed E-state index contributed by atoms with van der Waals surface area (Å²) in [6.07, 6.45) is 1.30. The Hall–Kier alpha value is -2.67. The van der Waals surface area contributed by atoms with E-state index in [2.05, 4.69) is 10.0 Å². The van der Waals surface area contributed by atoms with Crippen molar-refractivity contribution >= 4 is 27.5 Å². The maximum Gasteiger partial charge on any atom is 0.261 e. The lowest BCUT2D eigenvalue weighted by Crippen LogP contribution is -2.51. The van der Waals surface area contributed by atoms with Gasteiger partial charge in [-0.05, 0) is 49.6 Å². The van der Waals surface area contributed by atoms with Crippen molar-refractivity contribution in [3.63, 3.8) is 0 Å². The summed E-state index contributed by atoms with van der Waals surface area (Å²) in [5.74, 6) is -0.555. The minimum atomic E-state index is -3.68. The minimum Gasteiger partial charge on any atom is -0.296 e. The van der Waals surface area contributed by atoms with Gasteiger partial charge in [0.1, 0.15) is 0 Å². The zero-order chi connectivity index (χ0) is 19.7. The second-order valence-corrected chi connectivity index (χ2v) is 8.49. The molecule has 2 amide bonds. The number of carbonyl (C=O) groups excluding carboxylic acids is 2. The van der Waals surface area contributed by atoms with Crippen molar-refractivity contribution in [2.45, 2.75) is 43.4 Å². The molecule has 1 unspecified atom stereocenters. The summed E-state index contributed by atoms with van der Waals surface area (Å²) in [5.41, 5.74) is 1.40. The molecule has 2 aromatic rings. The smallest absolute Gasteiger partial charge is 0.261 e. The quantitative estimate of drug-likeness (QED) is 0.773. The second-order valence-electron chi connectivity index (χ2n) is 6.81. The van der Waals surface area contributed by atoms with Crippen LogP contribution in [-0.4, -0.2) is 20.2 Å². The van der Waals surface area contributed by atoms with E-state index in [1.165, 1.54) is 0 Å². The third-order valence-corrected chi connectivity index (χ3v) is 6.49. The van der Waals surface area contributed by atoms with Crippen molar-refractivity contribution in [1.82, 2.24) is 5.32 Å². The molecule has 0 radical (unpaired) electrons. The van der Waals surface area contributed by atoms with Crippen LogP contribution in [0.1, 0.15) is 37.3 Å². The van der Waals surface area contributed by atoms with Gasteiger partial charge < -0.3 is 0 Å². The fourth-order valence-electron chi connectivity index (χ4n) is 3.35. The van der Waals surface area contributed by atoms with Crippen LogP contribution in [-0.2, 0) is 25.0 Å². The summed E-state index contributed by atoms with van der Waals surface area (Å²) >= 11 is 0. The van der Waals surface area contributed by atoms with Gasteiger partial charge in [0, 0.05) is 12.1 Å². The van der Waals surface area contributed by atoms with Gasteiger partial charge in [0.15, 0.2) is 0 Å². The maximum absolute atomic E-state index is 12.5. The van der Waals surface area contributed by atoms with Crippen molar-refractivity contribution in [2.24, 2.45) is 0 Å². The fourth-order valence-corrected chi connectivity index (χ4v) is 4.41. The van der Waals surface area contributed by atoms with Crippen molar-refractivity contribution in [1.29, 1.82) is 0 Å². The Morgan fingerprint density at radius 2 is 1.67 bits per heavy atom. The second kappa shape index (κ2) is 7.15. The molecule has 1 fully saturated rings. The predicted octanol–water partition coefficient (Wildman–Crippen LogP) is 2.88. The Kier molecular flexibility index (Phi) is 5.06. The number of sulfonamides is 1. The van der Waals surface area contributed by atoms with E-state index >= 15 is 0 Å². The molecule has 6 nitrogen and oxygen atoms in total. The van der Waals surface area contributed by atoms with Gasteiger partial charge in [0.2, 0.25) is 11.8 Å². The largest absolute Gasteiger partial charge is 0.296 e. The molecule has 0 aliphatic carbocycles. The van der Waals surface area contributed by atoms with Gasteiger partial charge in [0.25, 0.3) is 10.0 Å². The van der Waals surface area contributed by atoms with Crippen LogP contribution >= 0.6 is 0 Å². The van der Waals surface area contributed by atoms with Crippen LogP contribution in [0.15, 0.2) is 53.4 Å². The van der Waals surface area contributed by atoms with Gasteiger partial charge in [-0.25, -0.2) is 8.42 Å². The third-order valence-electron chi connectivity index (χ3n) is 5.09. The molecule has 2 N–H and O–H groups in total. The predicted molar refractivity (Wildman–Crippen MR) is 103 cm³/mol. The van der Waals surface area contributed by atoms with E-state index in [1.807, 2.05) is 13.8 Å². The van der Waals surface area contributed by atoms with Crippen molar-refractivity contribution in [3.05, 3.63) is 59.7 Å². The van der Waals surface area contributed by atoms with Gasteiger partial charge in [-0.1, -0.05) is 36.8 Å². The molecule has 142 valence electrons. The normalized spacial score (nSPS) is 20.2. The topological polar surface area (TPSA) is 92.3 Å². The molecular weight excluding hydrogens is 364 g/mol. The van der Waals surface area contributed by atoms with Crippen LogP contribution < -0.4 is 10.0 Å². The number of aryl methyl sites for hydroxylation is 1. The van der Waals surface area contributed by atoms with E-state index < -0.39 is 15.4 Å². The molecule has 1 heterocycles. The number of imide groups is 1. The average molecular weight is 386 g/mol. The summed E-state index contributed by atoms with van der Waals surface area (Å²) in [4.78, 5) is 24.1. The summed E-state index contributed by atoms with van der Waals surface area (Å²) < 4.78 is 27.5. The van der Waals surface area contributed by atoms with Gasteiger partial charge in [-0.3, -0.25) is 19.6 Å². The monoisotopic (exact) mass is 386 g/mol. The van der Waals surface area contributed by atoms with Crippen molar-refractivity contribution in [2.75, 3.05) is 4.72 Å². The van der Waals surface area contributed by atoms with Crippen LogP contribution in [0.4, 0.5) is 5.69 Å². The third kappa shape index (κ3) is 3.73. The number of rotatable bonds is 5. The molecule has 1 aliphatic heterocycles. The summed E-state index contributed by atoms with van der Waals surface area (Å²) in [7, 11) is -3.68. The lowest BCUT2D eigenvalue weighted by Gasteiger charge is -2.35. The number of nitrogens with one attached hydrogen (secondary N) is 2. The summed E-state index contributed by atoms with van der Waals surface area (Å²) in [5, 5.41) is 2.41. The van der Waals surface area contributed by atoms with Crippen LogP contribution in [0, 0.1) is 6.92 Å². The van der Waals surface area contributed by atoms with Crippen LogP contribution in [0.25, 0.3) is 0 Å². The van der Waals surface area contributed by atoms with Gasteiger partial charge in [0.05, 0.1) is 10.3 Å². The molecule has 3 rings (SSSR count). The van der Waals surface area contributed by atoms with E-state index in [4.69, 9.17) is 0 Å². The summed E-state index contributed by atoms with van der Waals surface area (Å²) in [6.45, 7) is 3.80. The lowest BCUT2D eigenvalue weighted by atomic mass is 9.72. The minimum absolute atomic E-state index is 0.187. The summed E-state index contributed by atoms with van der Waals surface area (Å²) in [6, 6.07) is 13.4.